The number of ether oxygens (including phenoxy) is 1. The molecule has 0 saturated carbocycles. The topological polar surface area (TPSA) is 51.2 Å². The molecule has 2 aromatic carbocycles. The van der Waals surface area contributed by atoms with Crippen molar-refractivity contribution in [2.45, 2.75) is 0 Å². The van der Waals surface area contributed by atoms with Crippen LogP contribution in [0.4, 0.5) is 5.13 Å². The van der Waals surface area contributed by atoms with Crippen LogP contribution in [-0.4, -0.2) is 18.0 Å². The van der Waals surface area contributed by atoms with Gasteiger partial charge in [-0.25, -0.2) is 4.98 Å². The molecule has 0 saturated heterocycles. The number of methoxy groups -OCH3 is 1. The van der Waals surface area contributed by atoms with E-state index in [1.165, 1.54) is 18.4 Å². The second-order valence-corrected chi connectivity index (χ2v) is 6.49. The molecule has 0 aliphatic heterocycles. The molecule has 0 radical (unpaired) electrons. The normalized spacial score (nSPS) is 10.5. The van der Waals surface area contributed by atoms with E-state index in [1.807, 2.05) is 11.4 Å². The fourth-order valence-corrected chi connectivity index (χ4v) is 3.13. The number of rotatable bonds is 4. The summed E-state index contributed by atoms with van der Waals surface area (Å²) in [5, 5.41) is 6.06. The Morgan fingerprint density at radius 1 is 1.17 bits per heavy atom. The molecule has 1 heterocycles. The van der Waals surface area contributed by atoms with Gasteiger partial charge in [-0.3, -0.25) is 10.1 Å². The molecule has 0 fully saturated rings. The second kappa shape index (κ2) is 7.21. The fourth-order valence-electron chi connectivity index (χ4n) is 2.12. The van der Waals surface area contributed by atoms with E-state index in [0.717, 1.165) is 5.56 Å². The van der Waals surface area contributed by atoms with E-state index in [-0.39, 0.29) is 5.91 Å². The first-order valence-corrected chi connectivity index (χ1v) is 8.57. The second-order valence-electron chi connectivity index (χ2n) is 4.82. The minimum Gasteiger partial charge on any atom is -0.496 e. The van der Waals surface area contributed by atoms with Crippen LogP contribution in [0.3, 0.4) is 0 Å². The molecule has 0 atom stereocenters. The summed E-state index contributed by atoms with van der Waals surface area (Å²) in [6.45, 7) is 0. The Labute approximate surface area is 153 Å². The van der Waals surface area contributed by atoms with Gasteiger partial charge in [0.2, 0.25) is 0 Å². The molecular formula is C17H12Cl2N2O2S. The zero-order valence-corrected chi connectivity index (χ0v) is 14.9. The summed E-state index contributed by atoms with van der Waals surface area (Å²) in [5.41, 5.74) is 2.00. The van der Waals surface area contributed by atoms with Crippen molar-refractivity contribution in [2.24, 2.45) is 0 Å². The SMILES string of the molecule is COc1ccccc1C(=O)Nc1nc(-c2ccc(Cl)c(Cl)c2)cs1. The number of hydrogen-bond acceptors (Lipinski definition) is 4. The molecule has 1 amide bonds. The van der Waals surface area contributed by atoms with Gasteiger partial charge in [0.25, 0.3) is 5.91 Å². The number of aromatic nitrogens is 1. The molecule has 3 rings (SSSR count). The first-order valence-electron chi connectivity index (χ1n) is 6.94. The van der Waals surface area contributed by atoms with Gasteiger partial charge in [-0.15, -0.1) is 11.3 Å². The Balaban J connectivity index is 1.81. The van der Waals surface area contributed by atoms with Crippen LogP contribution in [0.5, 0.6) is 5.75 Å². The van der Waals surface area contributed by atoms with Crippen molar-refractivity contribution in [3.63, 3.8) is 0 Å². The number of benzene rings is 2. The highest BCUT2D eigenvalue weighted by atomic mass is 35.5. The molecular weight excluding hydrogens is 367 g/mol. The van der Waals surface area contributed by atoms with Gasteiger partial charge >= 0.3 is 0 Å². The van der Waals surface area contributed by atoms with Gasteiger partial charge < -0.3 is 4.74 Å². The van der Waals surface area contributed by atoms with Gasteiger partial charge in [-0.2, -0.15) is 0 Å². The summed E-state index contributed by atoms with van der Waals surface area (Å²) in [5.74, 6) is 0.235. The largest absolute Gasteiger partial charge is 0.496 e. The van der Waals surface area contributed by atoms with E-state index in [0.29, 0.717) is 32.2 Å². The smallest absolute Gasteiger partial charge is 0.261 e. The Kier molecular flexibility index (Phi) is 5.04. The lowest BCUT2D eigenvalue weighted by Gasteiger charge is -2.07. The number of hydrogen-bond donors (Lipinski definition) is 1. The van der Waals surface area contributed by atoms with Crippen molar-refractivity contribution in [3.8, 4) is 17.0 Å². The summed E-state index contributed by atoms with van der Waals surface area (Å²) in [4.78, 5) is 16.8. The number of carbonyl (C=O) groups is 1. The first kappa shape index (κ1) is 16.8. The number of thiazole rings is 1. The fraction of sp³-hybridized carbons (Fsp3) is 0.0588. The Morgan fingerprint density at radius 2 is 1.96 bits per heavy atom. The Bertz CT molecular complexity index is 896. The number of nitrogens with zero attached hydrogens (tertiary/aromatic N) is 1. The molecule has 24 heavy (non-hydrogen) atoms. The van der Waals surface area contributed by atoms with Crippen LogP contribution in [0.25, 0.3) is 11.3 Å². The van der Waals surface area contributed by atoms with Crippen LogP contribution in [0.2, 0.25) is 10.0 Å². The van der Waals surface area contributed by atoms with Crippen LogP contribution in [0, 0.1) is 0 Å². The van der Waals surface area contributed by atoms with Crippen molar-refractivity contribution in [3.05, 3.63) is 63.5 Å². The van der Waals surface area contributed by atoms with Crippen molar-refractivity contribution in [1.29, 1.82) is 0 Å². The molecule has 3 aromatic rings. The van der Waals surface area contributed by atoms with Crippen molar-refractivity contribution >= 4 is 45.6 Å². The van der Waals surface area contributed by atoms with Gasteiger partial charge in [0.1, 0.15) is 5.75 Å². The van der Waals surface area contributed by atoms with E-state index in [1.54, 1.807) is 36.4 Å². The molecule has 4 nitrogen and oxygen atoms in total. The third-order valence-electron chi connectivity index (χ3n) is 3.29. The zero-order valence-electron chi connectivity index (χ0n) is 12.5. The maximum absolute atomic E-state index is 12.4. The monoisotopic (exact) mass is 378 g/mol. The molecule has 122 valence electrons. The predicted molar refractivity (Wildman–Crippen MR) is 98.5 cm³/mol. The van der Waals surface area contributed by atoms with E-state index >= 15 is 0 Å². The average Bonchev–Trinajstić information content (AvgIpc) is 3.05. The number of carbonyl (C=O) groups excluding carboxylic acids is 1. The van der Waals surface area contributed by atoms with Gasteiger partial charge in [0, 0.05) is 10.9 Å². The lowest BCUT2D eigenvalue weighted by Crippen LogP contribution is -2.12. The van der Waals surface area contributed by atoms with Crippen LogP contribution in [-0.2, 0) is 0 Å². The molecule has 1 aromatic heterocycles. The van der Waals surface area contributed by atoms with Crippen LogP contribution < -0.4 is 10.1 Å². The number of halogens is 2. The van der Waals surface area contributed by atoms with Crippen molar-refractivity contribution in [1.82, 2.24) is 4.98 Å². The molecule has 0 spiro atoms. The molecule has 0 unspecified atom stereocenters. The van der Waals surface area contributed by atoms with Crippen LogP contribution >= 0.6 is 34.5 Å². The summed E-state index contributed by atoms with van der Waals surface area (Å²) < 4.78 is 5.20. The highest BCUT2D eigenvalue weighted by Crippen LogP contribution is 2.30. The number of nitrogens with one attached hydrogen (secondary N) is 1. The number of amides is 1. The molecule has 0 aliphatic rings. The van der Waals surface area contributed by atoms with Gasteiger partial charge in [0.05, 0.1) is 28.4 Å². The molecule has 0 bridgehead atoms. The van der Waals surface area contributed by atoms with E-state index in [9.17, 15) is 4.79 Å². The maximum atomic E-state index is 12.4. The van der Waals surface area contributed by atoms with Crippen LogP contribution in [0.15, 0.2) is 47.8 Å². The lowest BCUT2D eigenvalue weighted by molar-refractivity contribution is 0.102. The number of para-hydroxylation sites is 1. The minimum absolute atomic E-state index is 0.275. The quantitative estimate of drug-likeness (QED) is 0.662. The molecule has 1 N–H and O–H groups in total. The minimum atomic E-state index is -0.275. The average molecular weight is 379 g/mol. The number of anilines is 1. The van der Waals surface area contributed by atoms with E-state index < -0.39 is 0 Å². The first-order chi connectivity index (χ1) is 11.6. The van der Waals surface area contributed by atoms with Gasteiger partial charge in [-0.05, 0) is 24.3 Å². The molecule has 0 aliphatic carbocycles. The summed E-state index contributed by atoms with van der Waals surface area (Å²) >= 11 is 13.3. The Morgan fingerprint density at radius 3 is 2.71 bits per heavy atom. The summed E-state index contributed by atoms with van der Waals surface area (Å²) in [7, 11) is 1.53. The standard InChI is InChI=1S/C17H12Cl2N2O2S/c1-23-15-5-3-2-4-11(15)16(22)21-17-20-14(9-24-17)10-6-7-12(18)13(19)8-10/h2-9H,1H3,(H,20,21,22). The molecule has 7 heteroatoms. The summed E-state index contributed by atoms with van der Waals surface area (Å²) in [6, 6.07) is 12.3. The Hall–Kier alpha value is -2.08. The van der Waals surface area contributed by atoms with Crippen molar-refractivity contribution < 1.29 is 9.53 Å². The lowest BCUT2D eigenvalue weighted by atomic mass is 10.2. The highest BCUT2D eigenvalue weighted by Gasteiger charge is 2.14. The third-order valence-corrected chi connectivity index (χ3v) is 4.79. The van der Waals surface area contributed by atoms with E-state index in [4.69, 9.17) is 27.9 Å². The highest BCUT2D eigenvalue weighted by molar-refractivity contribution is 7.14. The maximum Gasteiger partial charge on any atom is 0.261 e. The zero-order chi connectivity index (χ0) is 17.1. The third kappa shape index (κ3) is 3.53. The van der Waals surface area contributed by atoms with Gasteiger partial charge in [-0.1, -0.05) is 41.4 Å². The predicted octanol–water partition coefficient (Wildman–Crippen LogP) is 5.38. The van der Waals surface area contributed by atoms with Gasteiger partial charge in [0.15, 0.2) is 5.13 Å². The van der Waals surface area contributed by atoms with E-state index in [2.05, 4.69) is 10.3 Å². The van der Waals surface area contributed by atoms with Crippen LogP contribution in [0.1, 0.15) is 10.4 Å². The van der Waals surface area contributed by atoms with Crippen molar-refractivity contribution in [2.75, 3.05) is 12.4 Å². The summed E-state index contributed by atoms with van der Waals surface area (Å²) in [6.07, 6.45) is 0.